The number of carbonyl (C=O) groups is 1. The topological polar surface area (TPSA) is 60.0 Å². The van der Waals surface area contributed by atoms with Gasteiger partial charge in [-0.2, -0.15) is 0 Å². The third-order valence-corrected chi connectivity index (χ3v) is 5.85. The van der Waals surface area contributed by atoms with Gasteiger partial charge < -0.3 is 15.5 Å². The zero-order valence-corrected chi connectivity index (χ0v) is 16.6. The maximum atomic E-state index is 11.5. The van der Waals surface area contributed by atoms with Crippen molar-refractivity contribution >= 4 is 11.9 Å². The zero-order chi connectivity index (χ0) is 18.2. The number of hydrogen-bond donors (Lipinski definition) is 2. The van der Waals surface area contributed by atoms with E-state index in [1.54, 1.807) is 7.05 Å². The Bertz CT molecular complexity index is 445. The molecule has 2 aliphatic heterocycles. The maximum absolute atomic E-state index is 11.5. The highest BCUT2D eigenvalue weighted by atomic mass is 16.1. The number of likely N-dealkylation sites (tertiary alicyclic amines) is 2. The molecule has 0 aliphatic carbocycles. The Morgan fingerprint density at radius 1 is 1.20 bits per heavy atom. The second-order valence-electron chi connectivity index (χ2n) is 7.67. The Morgan fingerprint density at radius 2 is 1.92 bits per heavy atom. The first-order chi connectivity index (χ1) is 12.0. The molecule has 2 atom stereocenters. The van der Waals surface area contributed by atoms with Crippen molar-refractivity contribution in [2.75, 3.05) is 40.3 Å². The van der Waals surface area contributed by atoms with E-state index in [2.05, 4.69) is 39.3 Å². The monoisotopic (exact) mass is 351 g/mol. The molecule has 0 aromatic rings. The molecule has 2 heterocycles. The number of rotatable bonds is 5. The van der Waals surface area contributed by atoms with E-state index in [1.807, 2.05) is 7.05 Å². The van der Waals surface area contributed by atoms with Crippen molar-refractivity contribution in [1.29, 1.82) is 0 Å². The average molecular weight is 352 g/mol. The Hall–Kier alpha value is -1.30. The standard InChI is InChI=1S/C19H37N5O/c1-15-7-5-6-10-24(15)16(2)14-22-19(21-4)23-11-8-17(9-12-23)13-18(25)20-3/h15-17H,5-14H2,1-4H3,(H,20,25)(H,21,22). The van der Waals surface area contributed by atoms with E-state index in [0.29, 0.717) is 24.4 Å². The molecule has 0 radical (unpaired) electrons. The van der Waals surface area contributed by atoms with Crippen LogP contribution in [0.5, 0.6) is 0 Å². The minimum Gasteiger partial charge on any atom is -0.359 e. The first-order valence-corrected chi connectivity index (χ1v) is 9.97. The van der Waals surface area contributed by atoms with E-state index in [1.165, 1.54) is 25.8 Å². The molecule has 1 amide bonds. The Kier molecular flexibility index (Phi) is 8.00. The highest BCUT2D eigenvalue weighted by molar-refractivity contribution is 5.80. The summed E-state index contributed by atoms with van der Waals surface area (Å²) in [6.07, 6.45) is 6.78. The van der Waals surface area contributed by atoms with Gasteiger partial charge in [0.05, 0.1) is 0 Å². The van der Waals surface area contributed by atoms with Crippen molar-refractivity contribution < 1.29 is 4.79 Å². The molecule has 0 aromatic carbocycles. The fourth-order valence-corrected chi connectivity index (χ4v) is 4.18. The Labute approximate surface area is 153 Å². The molecular formula is C19H37N5O. The summed E-state index contributed by atoms with van der Waals surface area (Å²) >= 11 is 0. The van der Waals surface area contributed by atoms with Crippen LogP contribution in [-0.4, -0.2) is 74.0 Å². The zero-order valence-electron chi connectivity index (χ0n) is 16.6. The van der Waals surface area contributed by atoms with Crippen molar-refractivity contribution in [3.8, 4) is 0 Å². The van der Waals surface area contributed by atoms with Gasteiger partial charge in [-0.15, -0.1) is 0 Å². The van der Waals surface area contributed by atoms with E-state index in [9.17, 15) is 4.79 Å². The minimum absolute atomic E-state index is 0.158. The number of hydrogen-bond acceptors (Lipinski definition) is 3. The number of nitrogens with zero attached hydrogens (tertiary/aromatic N) is 3. The lowest BCUT2D eigenvalue weighted by Crippen LogP contribution is -2.52. The van der Waals surface area contributed by atoms with Crippen molar-refractivity contribution in [3.05, 3.63) is 0 Å². The Morgan fingerprint density at radius 3 is 2.52 bits per heavy atom. The third-order valence-electron chi connectivity index (χ3n) is 5.85. The number of aliphatic imine (C=N–C) groups is 1. The molecule has 2 N–H and O–H groups in total. The molecule has 6 nitrogen and oxygen atoms in total. The smallest absolute Gasteiger partial charge is 0.220 e. The molecule has 0 bridgehead atoms. The SMILES string of the molecule is CN=C(NCC(C)N1CCCCC1C)N1CCC(CC(=O)NC)CC1. The first-order valence-electron chi connectivity index (χ1n) is 9.97. The molecule has 0 aromatic heterocycles. The summed E-state index contributed by atoms with van der Waals surface area (Å²) in [4.78, 5) is 21.0. The summed E-state index contributed by atoms with van der Waals surface area (Å²) in [5, 5.41) is 6.31. The van der Waals surface area contributed by atoms with Crippen LogP contribution in [0.1, 0.15) is 52.4 Å². The van der Waals surface area contributed by atoms with Crippen molar-refractivity contribution in [2.45, 2.75) is 64.5 Å². The number of piperidine rings is 2. The van der Waals surface area contributed by atoms with Gasteiger partial charge in [0.2, 0.25) is 5.91 Å². The molecule has 144 valence electrons. The molecule has 2 saturated heterocycles. The van der Waals surface area contributed by atoms with Crippen LogP contribution >= 0.6 is 0 Å². The van der Waals surface area contributed by atoms with Gasteiger partial charge in [-0.05, 0) is 52.0 Å². The van der Waals surface area contributed by atoms with Crippen molar-refractivity contribution in [1.82, 2.24) is 20.4 Å². The largest absolute Gasteiger partial charge is 0.359 e. The van der Waals surface area contributed by atoms with Gasteiger partial charge >= 0.3 is 0 Å². The second-order valence-corrected chi connectivity index (χ2v) is 7.67. The van der Waals surface area contributed by atoms with E-state index in [-0.39, 0.29) is 5.91 Å². The van der Waals surface area contributed by atoms with E-state index in [0.717, 1.165) is 38.4 Å². The third kappa shape index (κ3) is 5.87. The molecule has 25 heavy (non-hydrogen) atoms. The fraction of sp³-hybridized carbons (Fsp3) is 0.895. The van der Waals surface area contributed by atoms with Crippen molar-refractivity contribution in [2.24, 2.45) is 10.9 Å². The van der Waals surface area contributed by atoms with Gasteiger partial charge in [0.1, 0.15) is 0 Å². The predicted octanol–water partition coefficient (Wildman–Crippen LogP) is 1.67. The molecular weight excluding hydrogens is 314 g/mol. The summed E-state index contributed by atoms with van der Waals surface area (Å²) in [6, 6.07) is 1.21. The number of amides is 1. The van der Waals surface area contributed by atoms with E-state index < -0.39 is 0 Å². The number of nitrogens with one attached hydrogen (secondary N) is 2. The van der Waals surface area contributed by atoms with Crippen LogP contribution in [0.15, 0.2) is 4.99 Å². The highest BCUT2D eigenvalue weighted by Gasteiger charge is 2.25. The second kappa shape index (κ2) is 10.00. The van der Waals surface area contributed by atoms with Crippen LogP contribution in [0.25, 0.3) is 0 Å². The molecule has 0 saturated carbocycles. The summed E-state index contributed by atoms with van der Waals surface area (Å²) in [7, 11) is 3.58. The number of carbonyl (C=O) groups excluding carboxylic acids is 1. The van der Waals surface area contributed by atoms with Gasteiger partial charge in [0, 0.05) is 52.2 Å². The summed E-state index contributed by atoms with van der Waals surface area (Å²) in [5.74, 6) is 1.67. The first kappa shape index (κ1) is 20.0. The van der Waals surface area contributed by atoms with Gasteiger partial charge in [-0.25, -0.2) is 0 Å². The Balaban J connectivity index is 1.76. The molecule has 6 heteroatoms. The minimum atomic E-state index is 0.158. The van der Waals surface area contributed by atoms with Gasteiger partial charge in [0.15, 0.2) is 5.96 Å². The fourth-order valence-electron chi connectivity index (χ4n) is 4.18. The van der Waals surface area contributed by atoms with Crippen LogP contribution in [-0.2, 0) is 4.79 Å². The molecule has 2 unspecified atom stereocenters. The van der Waals surface area contributed by atoms with Crippen molar-refractivity contribution in [3.63, 3.8) is 0 Å². The lowest BCUT2D eigenvalue weighted by molar-refractivity contribution is -0.121. The average Bonchev–Trinajstić information content (AvgIpc) is 2.63. The highest BCUT2D eigenvalue weighted by Crippen LogP contribution is 2.21. The molecule has 0 spiro atoms. The lowest BCUT2D eigenvalue weighted by Gasteiger charge is -2.39. The molecule has 2 fully saturated rings. The van der Waals surface area contributed by atoms with Crippen LogP contribution in [0.2, 0.25) is 0 Å². The summed E-state index contributed by atoms with van der Waals surface area (Å²) in [6.45, 7) is 8.79. The van der Waals surface area contributed by atoms with Crippen LogP contribution in [0, 0.1) is 5.92 Å². The van der Waals surface area contributed by atoms with Gasteiger partial charge in [-0.1, -0.05) is 6.42 Å². The van der Waals surface area contributed by atoms with Crippen LogP contribution in [0.4, 0.5) is 0 Å². The van der Waals surface area contributed by atoms with Gasteiger partial charge in [0.25, 0.3) is 0 Å². The molecule has 2 aliphatic rings. The predicted molar refractivity (Wildman–Crippen MR) is 104 cm³/mol. The van der Waals surface area contributed by atoms with E-state index >= 15 is 0 Å². The van der Waals surface area contributed by atoms with Gasteiger partial charge in [-0.3, -0.25) is 14.7 Å². The van der Waals surface area contributed by atoms with E-state index in [4.69, 9.17) is 0 Å². The maximum Gasteiger partial charge on any atom is 0.220 e. The molecule has 2 rings (SSSR count). The lowest BCUT2D eigenvalue weighted by atomic mass is 9.93. The van der Waals surface area contributed by atoms with Crippen LogP contribution < -0.4 is 10.6 Å². The summed E-state index contributed by atoms with van der Waals surface area (Å²) in [5.41, 5.74) is 0. The summed E-state index contributed by atoms with van der Waals surface area (Å²) < 4.78 is 0. The number of guanidine groups is 1. The quantitative estimate of drug-likeness (QED) is 0.584. The van der Waals surface area contributed by atoms with Crippen LogP contribution in [0.3, 0.4) is 0 Å². The normalized spacial score (nSPS) is 24.9.